The van der Waals surface area contributed by atoms with Crippen LogP contribution in [0.1, 0.15) is 46.5 Å². The molecule has 0 radical (unpaired) electrons. The molecule has 2 aliphatic rings. The Morgan fingerprint density at radius 1 is 1.20 bits per heavy atom. The van der Waals surface area contributed by atoms with E-state index < -0.39 is 0 Å². The summed E-state index contributed by atoms with van der Waals surface area (Å²) in [7, 11) is 4.42. The average molecular weight is 281 g/mol. The number of likely N-dealkylation sites (N-methyl/N-ethyl adjacent to an activating group) is 1. The Labute approximate surface area is 126 Å². The van der Waals surface area contributed by atoms with Crippen molar-refractivity contribution in [1.29, 1.82) is 0 Å². The average Bonchev–Trinajstić information content (AvgIpc) is 2.50. The lowest BCUT2D eigenvalue weighted by molar-refractivity contribution is 0.0717. The molecule has 118 valence electrons. The van der Waals surface area contributed by atoms with Gasteiger partial charge in [0, 0.05) is 25.2 Å². The smallest absolute Gasteiger partial charge is 0.0194 e. The fourth-order valence-electron chi connectivity index (χ4n) is 4.60. The van der Waals surface area contributed by atoms with Crippen molar-refractivity contribution >= 4 is 0 Å². The van der Waals surface area contributed by atoms with E-state index in [2.05, 4.69) is 50.0 Å². The summed E-state index contributed by atoms with van der Waals surface area (Å²) in [5.41, 5.74) is 0.448. The molecular weight excluding hydrogens is 246 g/mol. The molecule has 1 N–H and O–H groups in total. The summed E-state index contributed by atoms with van der Waals surface area (Å²) in [6, 6.07) is 1.37. The van der Waals surface area contributed by atoms with E-state index in [1.165, 1.54) is 51.9 Å². The third-order valence-electron chi connectivity index (χ3n) is 5.67. The highest BCUT2D eigenvalue weighted by atomic mass is 15.2. The van der Waals surface area contributed by atoms with Crippen LogP contribution in [-0.4, -0.2) is 62.2 Å². The van der Waals surface area contributed by atoms with Crippen molar-refractivity contribution < 1.29 is 0 Å². The van der Waals surface area contributed by atoms with Crippen LogP contribution >= 0.6 is 0 Å². The molecule has 1 aliphatic heterocycles. The molecule has 2 rings (SSSR count). The maximum atomic E-state index is 3.64. The van der Waals surface area contributed by atoms with E-state index in [0.717, 1.165) is 5.92 Å². The lowest BCUT2D eigenvalue weighted by Crippen LogP contribution is -2.53. The fraction of sp³-hybridized carbons (Fsp3) is 1.00. The molecule has 3 nitrogen and oxygen atoms in total. The molecule has 0 amide bonds. The van der Waals surface area contributed by atoms with Crippen LogP contribution in [0.3, 0.4) is 0 Å². The summed E-state index contributed by atoms with van der Waals surface area (Å²) in [5.74, 6) is 0.814. The van der Waals surface area contributed by atoms with Crippen LogP contribution in [0.4, 0.5) is 0 Å². The normalized spacial score (nSPS) is 36.8. The van der Waals surface area contributed by atoms with Crippen molar-refractivity contribution in [2.75, 3.05) is 40.3 Å². The predicted molar refractivity (Wildman–Crippen MR) is 87.1 cm³/mol. The third kappa shape index (κ3) is 3.75. The highest BCUT2D eigenvalue weighted by Gasteiger charge is 2.39. The number of hydrogen-bond donors (Lipinski definition) is 1. The molecule has 2 fully saturated rings. The minimum atomic E-state index is 0.448. The molecule has 0 aromatic carbocycles. The Balaban J connectivity index is 2.00. The Morgan fingerprint density at radius 2 is 1.95 bits per heavy atom. The van der Waals surface area contributed by atoms with Gasteiger partial charge in [-0.15, -0.1) is 0 Å². The van der Waals surface area contributed by atoms with Gasteiger partial charge in [0.25, 0.3) is 0 Å². The van der Waals surface area contributed by atoms with E-state index in [1.807, 2.05) is 0 Å². The maximum absolute atomic E-state index is 3.64. The van der Waals surface area contributed by atoms with E-state index in [1.54, 1.807) is 0 Å². The number of nitrogens with one attached hydrogen (secondary N) is 1. The first-order chi connectivity index (χ1) is 9.44. The SMILES string of the molecule is CNC1C(CN2CCCN(C)CC2C)CCCC1(C)C. The van der Waals surface area contributed by atoms with Crippen LogP contribution in [0, 0.1) is 11.3 Å². The van der Waals surface area contributed by atoms with Crippen LogP contribution in [0.5, 0.6) is 0 Å². The molecule has 3 unspecified atom stereocenters. The summed E-state index contributed by atoms with van der Waals surface area (Å²) >= 11 is 0. The molecule has 3 heteroatoms. The van der Waals surface area contributed by atoms with Crippen molar-refractivity contribution in [3.63, 3.8) is 0 Å². The quantitative estimate of drug-likeness (QED) is 0.857. The molecule has 1 saturated carbocycles. The second-order valence-electron chi connectivity index (χ2n) is 7.87. The Hall–Kier alpha value is -0.120. The lowest BCUT2D eigenvalue weighted by Gasteiger charge is -2.46. The van der Waals surface area contributed by atoms with Crippen molar-refractivity contribution in [1.82, 2.24) is 15.1 Å². The zero-order valence-corrected chi connectivity index (χ0v) is 14.3. The molecular formula is C17H35N3. The first kappa shape index (κ1) is 16.3. The second kappa shape index (κ2) is 6.76. The summed E-state index contributed by atoms with van der Waals surface area (Å²) < 4.78 is 0. The van der Waals surface area contributed by atoms with Crippen LogP contribution in [0.25, 0.3) is 0 Å². The highest BCUT2D eigenvalue weighted by molar-refractivity contribution is 4.94. The van der Waals surface area contributed by atoms with Gasteiger partial charge in [-0.05, 0) is 64.7 Å². The van der Waals surface area contributed by atoms with E-state index in [0.29, 0.717) is 17.5 Å². The zero-order valence-electron chi connectivity index (χ0n) is 14.3. The summed E-state index contributed by atoms with van der Waals surface area (Å²) in [5, 5.41) is 3.64. The van der Waals surface area contributed by atoms with Gasteiger partial charge in [0.2, 0.25) is 0 Å². The highest BCUT2D eigenvalue weighted by Crippen LogP contribution is 2.39. The van der Waals surface area contributed by atoms with Crippen LogP contribution in [-0.2, 0) is 0 Å². The van der Waals surface area contributed by atoms with Crippen molar-refractivity contribution in [3.8, 4) is 0 Å². The number of rotatable bonds is 3. The van der Waals surface area contributed by atoms with Gasteiger partial charge in [-0.25, -0.2) is 0 Å². The van der Waals surface area contributed by atoms with Crippen molar-refractivity contribution in [2.24, 2.45) is 11.3 Å². The van der Waals surface area contributed by atoms with Crippen LogP contribution in [0.15, 0.2) is 0 Å². The van der Waals surface area contributed by atoms with E-state index in [4.69, 9.17) is 0 Å². The van der Waals surface area contributed by atoms with Gasteiger partial charge in [-0.3, -0.25) is 4.90 Å². The standard InChI is InChI=1S/C17H35N3/c1-14-12-19(5)10-7-11-20(14)13-15-8-6-9-17(2,3)16(15)18-4/h14-16,18H,6-13H2,1-5H3. The summed E-state index contributed by atoms with van der Waals surface area (Å²) in [4.78, 5) is 5.24. The fourth-order valence-corrected chi connectivity index (χ4v) is 4.60. The second-order valence-corrected chi connectivity index (χ2v) is 7.87. The van der Waals surface area contributed by atoms with Crippen LogP contribution in [0.2, 0.25) is 0 Å². The molecule has 1 heterocycles. The van der Waals surface area contributed by atoms with Gasteiger partial charge in [0.1, 0.15) is 0 Å². The predicted octanol–water partition coefficient (Wildman–Crippen LogP) is 2.43. The largest absolute Gasteiger partial charge is 0.316 e. The molecule has 0 spiro atoms. The minimum Gasteiger partial charge on any atom is -0.316 e. The molecule has 20 heavy (non-hydrogen) atoms. The molecule has 3 atom stereocenters. The van der Waals surface area contributed by atoms with Gasteiger partial charge in [0.15, 0.2) is 0 Å². The first-order valence-electron chi connectivity index (χ1n) is 8.54. The van der Waals surface area contributed by atoms with Gasteiger partial charge in [-0.2, -0.15) is 0 Å². The maximum Gasteiger partial charge on any atom is 0.0194 e. The van der Waals surface area contributed by atoms with Crippen LogP contribution < -0.4 is 5.32 Å². The number of hydrogen-bond acceptors (Lipinski definition) is 3. The summed E-state index contributed by atoms with van der Waals surface area (Å²) in [6.45, 7) is 12.3. The Morgan fingerprint density at radius 3 is 2.65 bits per heavy atom. The molecule has 1 aliphatic carbocycles. The van der Waals surface area contributed by atoms with Crippen molar-refractivity contribution in [2.45, 2.75) is 58.5 Å². The van der Waals surface area contributed by atoms with E-state index >= 15 is 0 Å². The number of nitrogens with zero attached hydrogens (tertiary/aromatic N) is 2. The zero-order chi connectivity index (χ0) is 14.8. The Bertz CT molecular complexity index is 303. The van der Waals surface area contributed by atoms with Gasteiger partial charge < -0.3 is 10.2 Å². The summed E-state index contributed by atoms with van der Waals surface area (Å²) in [6.07, 6.45) is 5.49. The van der Waals surface area contributed by atoms with Gasteiger partial charge in [-0.1, -0.05) is 20.3 Å². The van der Waals surface area contributed by atoms with Gasteiger partial charge in [0.05, 0.1) is 0 Å². The van der Waals surface area contributed by atoms with Gasteiger partial charge >= 0.3 is 0 Å². The molecule has 0 aromatic heterocycles. The van der Waals surface area contributed by atoms with E-state index in [-0.39, 0.29) is 0 Å². The minimum absolute atomic E-state index is 0.448. The topological polar surface area (TPSA) is 18.5 Å². The van der Waals surface area contributed by atoms with E-state index in [9.17, 15) is 0 Å². The molecule has 0 aromatic rings. The monoisotopic (exact) mass is 281 g/mol. The third-order valence-corrected chi connectivity index (χ3v) is 5.67. The molecule has 1 saturated heterocycles. The first-order valence-corrected chi connectivity index (χ1v) is 8.54. The van der Waals surface area contributed by atoms with Crippen molar-refractivity contribution in [3.05, 3.63) is 0 Å². The molecule has 0 bridgehead atoms. The Kier molecular flexibility index (Phi) is 5.49. The lowest BCUT2D eigenvalue weighted by atomic mass is 9.67.